The molecule has 32 heavy (non-hydrogen) atoms. The van der Waals surface area contributed by atoms with Gasteiger partial charge in [-0.2, -0.15) is 28.5 Å². The standard InChI is InChI=1S/C19H12ClF4N7O/c20-15-7-13(8-25-17(15)31-26-4-5-27-31)29-18(32)14-9-28-30(16(14)19(22,23)24)10-11-2-1-3-12(21)6-11/h1-9H,10H2,(H,29,32). The summed E-state index contributed by atoms with van der Waals surface area (Å²) in [6.07, 6.45) is -0.0644. The van der Waals surface area contributed by atoms with Crippen molar-refractivity contribution in [3.8, 4) is 5.82 Å². The number of alkyl halides is 3. The maximum atomic E-state index is 13.7. The van der Waals surface area contributed by atoms with Gasteiger partial charge in [0.2, 0.25) is 0 Å². The van der Waals surface area contributed by atoms with E-state index in [4.69, 9.17) is 11.6 Å². The largest absolute Gasteiger partial charge is 0.433 e. The summed E-state index contributed by atoms with van der Waals surface area (Å²) in [5.74, 6) is -1.49. The van der Waals surface area contributed by atoms with Gasteiger partial charge < -0.3 is 5.32 Å². The molecular weight excluding hydrogens is 454 g/mol. The molecule has 0 aliphatic carbocycles. The fraction of sp³-hybridized carbons (Fsp3) is 0.105. The number of hydrogen-bond donors (Lipinski definition) is 1. The molecule has 1 N–H and O–H groups in total. The van der Waals surface area contributed by atoms with E-state index in [2.05, 4.69) is 25.6 Å². The zero-order valence-electron chi connectivity index (χ0n) is 15.9. The third kappa shape index (κ3) is 4.44. The van der Waals surface area contributed by atoms with Crippen molar-refractivity contribution in [3.63, 3.8) is 0 Å². The number of nitrogens with zero attached hydrogens (tertiary/aromatic N) is 6. The van der Waals surface area contributed by atoms with Gasteiger partial charge in [-0.3, -0.25) is 9.48 Å². The van der Waals surface area contributed by atoms with Crippen LogP contribution in [0.5, 0.6) is 0 Å². The molecular formula is C19H12ClF4N7O. The summed E-state index contributed by atoms with van der Waals surface area (Å²) in [4.78, 5) is 17.8. The van der Waals surface area contributed by atoms with E-state index < -0.39 is 29.2 Å². The molecule has 4 aromatic rings. The van der Waals surface area contributed by atoms with Crippen molar-refractivity contribution in [2.24, 2.45) is 0 Å². The SMILES string of the molecule is O=C(Nc1cnc(-n2nccn2)c(Cl)c1)c1cnn(Cc2cccc(F)c2)c1C(F)(F)F. The molecule has 1 amide bonds. The Morgan fingerprint density at radius 1 is 1.09 bits per heavy atom. The number of carbonyl (C=O) groups excluding carboxylic acids is 1. The third-order valence-corrected chi connectivity index (χ3v) is 4.54. The van der Waals surface area contributed by atoms with Crippen LogP contribution in [0, 0.1) is 5.82 Å². The summed E-state index contributed by atoms with van der Waals surface area (Å²) in [6, 6.07) is 6.38. The topological polar surface area (TPSA) is 90.5 Å². The Balaban J connectivity index is 1.61. The second-order valence-corrected chi connectivity index (χ2v) is 6.90. The number of nitrogens with one attached hydrogen (secondary N) is 1. The highest BCUT2D eigenvalue weighted by molar-refractivity contribution is 6.32. The minimum absolute atomic E-state index is 0.0573. The predicted octanol–water partition coefficient (Wildman–Crippen LogP) is 3.97. The average Bonchev–Trinajstić information content (AvgIpc) is 3.38. The molecule has 0 aliphatic rings. The normalized spacial score (nSPS) is 11.5. The van der Waals surface area contributed by atoms with Crippen LogP contribution in [0.2, 0.25) is 5.02 Å². The second kappa shape index (κ2) is 8.38. The van der Waals surface area contributed by atoms with Crippen LogP contribution in [0.25, 0.3) is 5.82 Å². The zero-order valence-corrected chi connectivity index (χ0v) is 16.6. The number of anilines is 1. The lowest BCUT2D eigenvalue weighted by Crippen LogP contribution is -2.21. The highest BCUT2D eigenvalue weighted by atomic mass is 35.5. The maximum absolute atomic E-state index is 13.7. The van der Waals surface area contributed by atoms with E-state index in [1.54, 1.807) is 0 Å². The van der Waals surface area contributed by atoms with E-state index in [1.807, 2.05) is 0 Å². The Bertz CT molecular complexity index is 1270. The van der Waals surface area contributed by atoms with Gasteiger partial charge in [-0.25, -0.2) is 9.37 Å². The number of rotatable bonds is 5. The monoisotopic (exact) mass is 465 g/mol. The number of amides is 1. The molecule has 13 heteroatoms. The van der Waals surface area contributed by atoms with Crippen molar-refractivity contribution < 1.29 is 22.4 Å². The highest BCUT2D eigenvalue weighted by Gasteiger charge is 2.40. The van der Waals surface area contributed by atoms with Gasteiger partial charge in [-0.1, -0.05) is 23.7 Å². The van der Waals surface area contributed by atoms with Gasteiger partial charge in [0.15, 0.2) is 11.5 Å². The first-order chi connectivity index (χ1) is 15.2. The average molecular weight is 466 g/mol. The summed E-state index contributed by atoms with van der Waals surface area (Å²) >= 11 is 6.12. The van der Waals surface area contributed by atoms with Gasteiger partial charge in [-0.05, 0) is 23.8 Å². The Kier molecular flexibility index (Phi) is 5.61. The van der Waals surface area contributed by atoms with E-state index in [1.165, 1.54) is 42.9 Å². The number of aromatic nitrogens is 6. The molecule has 0 bridgehead atoms. The minimum atomic E-state index is -4.89. The van der Waals surface area contributed by atoms with Crippen molar-refractivity contribution in [1.82, 2.24) is 29.8 Å². The summed E-state index contributed by atoms with van der Waals surface area (Å²) in [5, 5.41) is 13.8. The van der Waals surface area contributed by atoms with E-state index in [0.717, 1.165) is 17.1 Å². The number of carbonyl (C=O) groups is 1. The van der Waals surface area contributed by atoms with Gasteiger partial charge in [0.25, 0.3) is 5.91 Å². The quantitative estimate of drug-likeness (QED) is 0.450. The number of halogens is 5. The van der Waals surface area contributed by atoms with Crippen LogP contribution in [-0.2, 0) is 12.7 Å². The fourth-order valence-corrected chi connectivity index (χ4v) is 3.19. The highest BCUT2D eigenvalue weighted by Crippen LogP contribution is 2.33. The van der Waals surface area contributed by atoms with E-state index >= 15 is 0 Å². The molecule has 0 atom stereocenters. The molecule has 3 aromatic heterocycles. The first-order valence-electron chi connectivity index (χ1n) is 8.93. The lowest BCUT2D eigenvalue weighted by molar-refractivity contribution is -0.144. The summed E-state index contributed by atoms with van der Waals surface area (Å²) in [6.45, 7) is -0.376. The lowest BCUT2D eigenvalue weighted by atomic mass is 10.2. The van der Waals surface area contributed by atoms with Crippen LogP contribution in [0.15, 0.2) is 55.1 Å². The van der Waals surface area contributed by atoms with Crippen molar-refractivity contribution in [3.05, 3.63) is 82.8 Å². The molecule has 0 fully saturated rings. The fourth-order valence-electron chi connectivity index (χ4n) is 2.95. The van der Waals surface area contributed by atoms with Gasteiger partial charge in [0.05, 0.1) is 47.6 Å². The number of pyridine rings is 1. The lowest BCUT2D eigenvalue weighted by Gasteiger charge is -2.13. The van der Waals surface area contributed by atoms with Gasteiger partial charge in [0, 0.05) is 0 Å². The molecule has 0 radical (unpaired) electrons. The first-order valence-corrected chi connectivity index (χ1v) is 9.31. The van der Waals surface area contributed by atoms with Crippen LogP contribution < -0.4 is 5.32 Å². The first kappa shape index (κ1) is 21.4. The minimum Gasteiger partial charge on any atom is -0.320 e. The van der Waals surface area contributed by atoms with Crippen molar-refractivity contribution in [1.29, 1.82) is 0 Å². The Morgan fingerprint density at radius 3 is 2.50 bits per heavy atom. The van der Waals surface area contributed by atoms with Crippen molar-refractivity contribution in [2.75, 3.05) is 5.32 Å². The van der Waals surface area contributed by atoms with Crippen LogP contribution >= 0.6 is 11.6 Å². The Hall–Kier alpha value is -3.80. The predicted molar refractivity (Wildman–Crippen MR) is 105 cm³/mol. The van der Waals surface area contributed by atoms with Gasteiger partial charge >= 0.3 is 6.18 Å². The molecule has 8 nitrogen and oxygen atoms in total. The summed E-state index contributed by atoms with van der Waals surface area (Å²) < 4.78 is 55.2. The number of hydrogen-bond acceptors (Lipinski definition) is 5. The summed E-state index contributed by atoms with van der Waals surface area (Å²) in [7, 11) is 0. The molecule has 0 aliphatic heterocycles. The molecule has 0 unspecified atom stereocenters. The van der Waals surface area contributed by atoms with Gasteiger partial charge in [0.1, 0.15) is 5.82 Å². The Labute approximate surface area is 182 Å². The van der Waals surface area contributed by atoms with Crippen LogP contribution in [0.4, 0.5) is 23.2 Å². The summed E-state index contributed by atoms with van der Waals surface area (Å²) in [5.41, 5.74) is -1.66. The second-order valence-electron chi connectivity index (χ2n) is 6.49. The molecule has 0 spiro atoms. The Morgan fingerprint density at radius 2 is 1.84 bits per heavy atom. The van der Waals surface area contributed by atoms with E-state index in [9.17, 15) is 22.4 Å². The van der Waals surface area contributed by atoms with Gasteiger partial charge in [-0.15, -0.1) is 4.80 Å². The number of benzene rings is 1. The zero-order chi connectivity index (χ0) is 22.9. The maximum Gasteiger partial charge on any atom is 0.433 e. The molecule has 0 saturated carbocycles. The third-order valence-electron chi connectivity index (χ3n) is 4.26. The molecule has 1 aromatic carbocycles. The van der Waals surface area contributed by atoms with E-state index in [-0.39, 0.29) is 28.6 Å². The molecule has 164 valence electrons. The van der Waals surface area contributed by atoms with Crippen LogP contribution in [0.1, 0.15) is 21.6 Å². The van der Waals surface area contributed by atoms with Crippen molar-refractivity contribution >= 4 is 23.2 Å². The molecule has 3 heterocycles. The molecule has 0 saturated heterocycles. The van der Waals surface area contributed by atoms with Crippen molar-refractivity contribution in [2.45, 2.75) is 12.7 Å². The van der Waals surface area contributed by atoms with E-state index in [0.29, 0.717) is 4.68 Å². The van der Waals surface area contributed by atoms with Crippen LogP contribution in [0.3, 0.4) is 0 Å². The van der Waals surface area contributed by atoms with Crippen LogP contribution in [-0.4, -0.2) is 35.7 Å². The molecule has 4 rings (SSSR count). The smallest absolute Gasteiger partial charge is 0.320 e.